The highest BCUT2D eigenvalue weighted by Gasteiger charge is 2.13. The number of anilines is 1. The molecule has 0 unspecified atom stereocenters. The van der Waals surface area contributed by atoms with E-state index in [1.165, 1.54) is 0 Å². The predicted octanol–water partition coefficient (Wildman–Crippen LogP) is 2.86. The maximum Gasteiger partial charge on any atom is 0.251 e. The van der Waals surface area contributed by atoms with Crippen molar-refractivity contribution in [2.45, 2.75) is 19.9 Å². The molecule has 0 heterocycles. The summed E-state index contributed by atoms with van der Waals surface area (Å²) < 4.78 is 25.0. The molecule has 0 bridgehead atoms. The average molecular weight is 332 g/mol. The smallest absolute Gasteiger partial charge is 0.251 e. The van der Waals surface area contributed by atoms with Crippen molar-refractivity contribution in [1.82, 2.24) is 5.32 Å². The molecule has 2 aromatic rings. The van der Waals surface area contributed by atoms with Crippen LogP contribution in [-0.2, 0) is 10.0 Å². The molecule has 0 aromatic heterocycles. The van der Waals surface area contributed by atoms with Crippen LogP contribution in [0.5, 0.6) is 0 Å². The van der Waals surface area contributed by atoms with Crippen LogP contribution in [0.15, 0.2) is 48.5 Å². The van der Waals surface area contributed by atoms with Gasteiger partial charge in [-0.1, -0.05) is 30.3 Å². The van der Waals surface area contributed by atoms with E-state index in [1.807, 2.05) is 37.3 Å². The summed E-state index contributed by atoms with van der Waals surface area (Å²) in [4.78, 5) is 12.3. The molecule has 0 saturated carbocycles. The Labute approximate surface area is 136 Å². The lowest BCUT2D eigenvalue weighted by Gasteiger charge is -2.15. The lowest BCUT2D eigenvalue weighted by Crippen LogP contribution is -2.26. The fraction of sp³-hybridized carbons (Fsp3) is 0.235. The molecule has 2 N–H and O–H groups in total. The SMILES string of the molecule is Cc1cc(C(=O)N[C@H](C)c2ccccc2)ccc1NS(C)(=O)=O. The molecule has 1 amide bonds. The van der Waals surface area contributed by atoms with Crippen LogP contribution in [0.2, 0.25) is 0 Å². The first-order chi connectivity index (χ1) is 10.8. The molecule has 0 aliphatic carbocycles. The summed E-state index contributed by atoms with van der Waals surface area (Å²) in [5, 5.41) is 2.93. The van der Waals surface area contributed by atoms with Crippen LogP contribution >= 0.6 is 0 Å². The minimum atomic E-state index is -3.34. The van der Waals surface area contributed by atoms with Crippen LogP contribution in [-0.4, -0.2) is 20.6 Å². The summed E-state index contributed by atoms with van der Waals surface area (Å²) in [5.41, 5.74) is 2.67. The zero-order chi connectivity index (χ0) is 17.0. The molecule has 0 radical (unpaired) electrons. The highest BCUT2D eigenvalue weighted by molar-refractivity contribution is 7.92. The van der Waals surface area contributed by atoms with Gasteiger partial charge in [-0.2, -0.15) is 0 Å². The number of carbonyl (C=O) groups is 1. The van der Waals surface area contributed by atoms with Crippen molar-refractivity contribution in [2.24, 2.45) is 0 Å². The maximum absolute atomic E-state index is 12.3. The van der Waals surface area contributed by atoms with Gasteiger partial charge in [-0.15, -0.1) is 0 Å². The summed E-state index contributed by atoms with van der Waals surface area (Å²) in [6.07, 6.45) is 1.09. The van der Waals surface area contributed by atoms with Crippen molar-refractivity contribution in [2.75, 3.05) is 11.0 Å². The lowest BCUT2D eigenvalue weighted by molar-refractivity contribution is 0.0940. The molecule has 6 heteroatoms. The van der Waals surface area contributed by atoms with E-state index in [2.05, 4.69) is 10.0 Å². The Morgan fingerprint density at radius 1 is 1.09 bits per heavy atom. The van der Waals surface area contributed by atoms with E-state index < -0.39 is 10.0 Å². The fourth-order valence-electron chi connectivity index (χ4n) is 2.22. The molecule has 0 saturated heterocycles. The molecular formula is C17H20N2O3S. The molecule has 0 aliphatic heterocycles. The highest BCUT2D eigenvalue weighted by Crippen LogP contribution is 2.19. The van der Waals surface area contributed by atoms with Gasteiger partial charge in [0, 0.05) is 5.56 Å². The molecule has 5 nitrogen and oxygen atoms in total. The van der Waals surface area contributed by atoms with Crippen LogP contribution < -0.4 is 10.0 Å². The number of nitrogens with one attached hydrogen (secondary N) is 2. The van der Waals surface area contributed by atoms with Crippen molar-refractivity contribution in [3.8, 4) is 0 Å². The quantitative estimate of drug-likeness (QED) is 0.884. The third kappa shape index (κ3) is 4.82. The second kappa shape index (κ2) is 6.83. The summed E-state index contributed by atoms with van der Waals surface area (Å²) in [7, 11) is -3.34. The summed E-state index contributed by atoms with van der Waals surface area (Å²) in [5.74, 6) is -0.199. The van der Waals surface area contributed by atoms with Crippen molar-refractivity contribution in [3.63, 3.8) is 0 Å². The van der Waals surface area contributed by atoms with E-state index in [0.29, 0.717) is 16.8 Å². The molecule has 2 aromatic carbocycles. The van der Waals surface area contributed by atoms with Gasteiger partial charge in [-0.05, 0) is 43.2 Å². The lowest BCUT2D eigenvalue weighted by atomic mass is 10.1. The second-order valence-corrected chi connectivity index (χ2v) is 7.26. The average Bonchev–Trinajstić information content (AvgIpc) is 2.48. The number of rotatable bonds is 5. The summed E-state index contributed by atoms with van der Waals surface area (Å²) in [6.45, 7) is 3.67. The number of carbonyl (C=O) groups excluding carboxylic acids is 1. The third-order valence-electron chi connectivity index (χ3n) is 3.43. The van der Waals surface area contributed by atoms with Crippen LogP contribution in [0.4, 0.5) is 5.69 Å². The Bertz CT molecular complexity index is 802. The molecular weight excluding hydrogens is 312 g/mol. The van der Waals surface area contributed by atoms with Crippen LogP contribution in [0, 0.1) is 6.92 Å². The first-order valence-corrected chi connectivity index (χ1v) is 9.09. The van der Waals surface area contributed by atoms with Gasteiger partial charge in [0.05, 0.1) is 18.0 Å². The van der Waals surface area contributed by atoms with Crippen LogP contribution in [0.3, 0.4) is 0 Å². The first-order valence-electron chi connectivity index (χ1n) is 7.20. The maximum atomic E-state index is 12.3. The molecule has 0 fully saturated rings. The first kappa shape index (κ1) is 17.0. The molecule has 1 atom stereocenters. The Morgan fingerprint density at radius 2 is 1.74 bits per heavy atom. The predicted molar refractivity (Wildman–Crippen MR) is 92.0 cm³/mol. The molecule has 0 spiro atoms. The van der Waals surface area contributed by atoms with Gasteiger partial charge in [-0.3, -0.25) is 9.52 Å². The van der Waals surface area contributed by atoms with Gasteiger partial charge >= 0.3 is 0 Å². The normalized spacial score (nSPS) is 12.5. The standard InChI is InChI=1S/C17H20N2O3S/c1-12-11-15(9-10-16(12)19-23(3,21)22)17(20)18-13(2)14-7-5-4-6-8-14/h4-11,13,19H,1-3H3,(H,18,20)/t13-/m1/s1. The minimum absolute atomic E-state index is 0.113. The van der Waals surface area contributed by atoms with Crippen molar-refractivity contribution < 1.29 is 13.2 Å². The number of benzene rings is 2. The van der Waals surface area contributed by atoms with Gasteiger partial charge in [0.1, 0.15) is 0 Å². The highest BCUT2D eigenvalue weighted by atomic mass is 32.2. The Kier molecular flexibility index (Phi) is 5.05. The van der Waals surface area contributed by atoms with Gasteiger partial charge in [0.2, 0.25) is 10.0 Å². The van der Waals surface area contributed by atoms with Crippen LogP contribution in [0.25, 0.3) is 0 Å². The molecule has 0 aliphatic rings. The summed E-state index contributed by atoms with van der Waals surface area (Å²) in [6, 6.07) is 14.4. The van der Waals surface area contributed by atoms with Gasteiger partial charge in [0.25, 0.3) is 5.91 Å². The van der Waals surface area contributed by atoms with E-state index in [0.717, 1.165) is 11.8 Å². The van der Waals surface area contributed by atoms with E-state index in [-0.39, 0.29) is 11.9 Å². The zero-order valence-electron chi connectivity index (χ0n) is 13.3. The van der Waals surface area contributed by atoms with Crippen molar-refractivity contribution in [1.29, 1.82) is 0 Å². The Hall–Kier alpha value is -2.34. The number of aryl methyl sites for hydroxylation is 1. The minimum Gasteiger partial charge on any atom is -0.346 e. The number of hydrogen-bond donors (Lipinski definition) is 2. The van der Waals surface area contributed by atoms with Crippen LogP contribution in [0.1, 0.15) is 34.5 Å². The molecule has 23 heavy (non-hydrogen) atoms. The Balaban J connectivity index is 2.13. The van der Waals surface area contributed by atoms with Crippen molar-refractivity contribution in [3.05, 3.63) is 65.2 Å². The Morgan fingerprint density at radius 3 is 2.30 bits per heavy atom. The van der Waals surface area contributed by atoms with Crippen molar-refractivity contribution >= 4 is 21.6 Å². The van der Waals surface area contributed by atoms with E-state index >= 15 is 0 Å². The van der Waals surface area contributed by atoms with Gasteiger partial charge in [-0.25, -0.2) is 8.42 Å². The van der Waals surface area contributed by atoms with Gasteiger partial charge < -0.3 is 5.32 Å². The summed E-state index contributed by atoms with van der Waals surface area (Å²) >= 11 is 0. The van der Waals surface area contributed by atoms with E-state index in [1.54, 1.807) is 25.1 Å². The third-order valence-corrected chi connectivity index (χ3v) is 4.02. The van der Waals surface area contributed by atoms with E-state index in [9.17, 15) is 13.2 Å². The molecule has 2 rings (SSSR count). The topological polar surface area (TPSA) is 75.3 Å². The number of hydrogen-bond acceptors (Lipinski definition) is 3. The zero-order valence-corrected chi connectivity index (χ0v) is 14.1. The molecule has 122 valence electrons. The second-order valence-electron chi connectivity index (χ2n) is 5.51. The fourth-order valence-corrected chi connectivity index (χ4v) is 2.85. The largest absolute Gasteiger partial charge is 0.346 e. The van der Waals surface area contributed by atoms with Gasteiger partial charge in [0.15, 0.2) is 0 Å². The number of amides is 1. The number of sulfonamides is 1. The monoisotopic (exact) mass is 332 g/mol. The van der Waals surface area contributed by atoms with E-state index in [4.69, 9.17) is 0 Å².